The number of nitrogens with one attached hydrogen (secondary N) is 1. The zero-order chi connectivity index (χ0) is 16.5. The Kier molecular flexibility index (Phi) is 6.91. The van der Waals surface area contributed by atoms with Gasteiger partial charge in [-0.05, 0) is 29.7 Å². The Labute approximate surface area is 138 Å². The first-order valence-electron chi connectivity index (χ1n) is 7.94. The number of ether oxygens (including phenoxy) is 2. The Balaban J connectivity index is 1.98. The lowest BCUT2D eigenvalue weighted by Crippen LogP contribution is -2.31. The van der Waals surface area contributed by atoms with Crippen molar-refractivity contribution in [3.05, 3.63) is 59.7 Å². The first kappa shape index (κ1) is 17.3. The van der Waals surface area contributed by atoms with Gasteiger partial charge in [-0.3, -0.25) is 0 Å². The summed E-state index contributed by atoms with van der Waals surface area (Å²) in [5.74, 6) is 1.45. The van der Waals surface area contributed by atoms with Gasteiger partial charge in [-0.1, -0.05) is 43.3 Å². The number of benzene rings is 2. The SMILES string of the molecule is CC[C@@H](CO)NCc1ccc(OCc2ccccc2)c(OC)c1. The largest absolute Gasteiger partial charge is 0.493 e. The van der Waals surface area contributed by atoms with Gasteiger partial charge >= 0.3 is 0 Å². The summed E-state index contributed by atoms with van der Waals surface area (Å²) in [6, 6.07) is 16.1. The summed E-state index contributed by atoms with van der Waals surface area (Å²) in [4.78, 5) is 0. The Bertz CT molecular complexity index is 582. The highest BCUT2D eigenvalue weighted by atomic mass is 16.5. The van der Waals surface area contributed by atoms with Gasteiger partial charge in [0.05, 0.1) is 13.7 Å². The number of aliphatic hydroxyl groups excluding tert-OH is 1. The van der Waals surface area contributed by atoms with Gasteiger partial charge in [0.1, 0.15) is 6.61 Å². The molecule has 0 aliphatic heterocycles. The maximum Gasteiger partial charge on any atom is 0.161 e. The molecule has 4 nitrogen and oxygen atoms in total. The maximum absolute atomic E-state index is 9.22. The van der Waals surface area contributed by atoms with Crippen LogP contribution in [0.25, 0.3) is 0 Å². The molecular weight excluding hydrogens is 290 g/mol. The van der Waals surface area contributed by atoms with E-state index in [1.807, 2.05) is 48.5 Å². The van der Waals surface area contributed by atoms with E-state index in [1.54, 1.807) is 7.11 Å². The fraction of sp³-hybridized carbons (Fsp3) is 0.368. The van der Waals surface area contributed by atoms with Crippen molar-refractivity contribution in [2.45, 2.75) is 32.5 Å². The molecule has 0 aromatic heterocycles. The van der Waals surface area contributed by atoms with Gasteiger partial charge in [-0.25, -0.2) is 0 Å². The van der Waals surface area contributed by atoms with Gasteiger partial charge in [0.15, 0.2) is 11.5 Å². The first-order chi connectivity index (χ1) is 11.3. The molecule has 124 valence electrons. The number of hydrogen-bond donors (Lipinski definition) is 2. The van der Waals surface area contributed by atoms with Crippen molar-refractivity contribution in [1.29, 1.82) is 0 Å². The van der Waals surface area contributed by atoms with Crippen LogP contribution in [0.2, 0.25) is 0 Å². The van der Waals surface area contributed by atoms with Crippen molar-refractivity contribution in [2.24, 2.45) is 0 Å². The molecule has 4 heteroatoms. The van der Waals surface area contributed by atoms with E-state index in [1.165, 1.54) is 0 Å². The molecule has 0 saturated heterocycles. The minimum Gasteiger partial charge on any atom is -0.493 e. The highest BCUT2D eigenvalue weighted by Crippen LogP contribution is 2.28. The van der Waals surface area contributed by atoms with Crippen molar-refractivity contribution in [3.8, 4) is 11.5 Å². The Morgan fingerprint density at radius 1 is 1.04 bits per heavy atom. The predicted octanol–water partition coefficient (Wildman–Crippen LogP) is 3.13. The second-order valence-electron chi connectivity index (χ2n) is 5.43. The van der Waals surface area contributed by atoms with Crippen LogP contribution in [0.3, 0.4) is 0 Å². The van der Waals surface area contributed by atoms with Crippen LogP contribution in [0.5, 0.6) is 11.5 Å². The Hall–Kier alpha value is -2.04. The van der Waals surface area contributed by atoms with Crippen molar-refractivity contribution in [2.75, 3.05) is 13.7 Å². The lowest BCUT2D eigenvalue weighted by Gasteiger charge is -2.16. The van der Waals surface area contributed by atoms with Crippen LogP contribution in [0.4, 0.5) is 0 Å². The van der Waals surface area contributed by atoms with Crippen molar-refractivity contribution in [1.82, 2.24) is 5.32 Å². The van der Waals surface area contributed by atoms with Gasteiger partial charge < -0.3 is 19.9 Å². The summed E-state index contributed by atoms with van der Waals surface area (Å²) in [7, 11) is 1.64. The summed E-state index contributed by atoms with van der Waals surface area (Å²) in [5, 5.41) is 12.5. The van der Waals surface area contributed by atoms with E-state index in [-0.39, 0.29) is 12.6 Å². The highest BCUT2D eigenvalue weighted by Gasteiger charge is 2.08. The molecule has 2 N–H and O–H groups in total. The third-order valence-electron chi connectivity index (χ3n) is 3.77. The lowest BCUT2D eigenvalue weighted by molar-refractivity contribution is 0.238. The minimum atomic E-state index is 0.120. The fourth-order valence-corrected chi connectivity index (χ4v) is 2.28. The molecule has 1 atom stereocenters. The molecule has 23 heavy (non-hydrogen) atoms. The van der Waals surface area contributed by atoms with Crippen LogP contribution in [-0.4, -0.2) is 24.9 Å². The third kappa shape index (κ3) is 5.27. The van der Waals surface area contributed by atoms with E-state index in [0.29, 0.717) is 13.2 Å². The lowest BCUT2D eigenvalue weighted by atomic mass is 10.1. The van der Waals surface area contributed by atoms with Gasteiger partial charge in [0, 0.05) is 12.6 Å². The molecule has 0 fully saturated rings. The van der Waals surface area contributed by atoms with Crippen LogP contribution >= 0.6 is 0 Å². The van der Waals surface area contributed by atoms with Gasteiger partial charge in [-0.15, -0.1) is 0 Å². The fourth-order valence-electron chi connectivity index (χ4n) is 2.28. The van der Waals surface area contributed by atoms with E-state index in [4.69, 9.17) is 9.47 Å². The highest BCUT2D eigenvalue weighted by molar-refractivity contribution is 5.43. The molecule has 2 aromatic carbocycles. The predicted molar refractivity (Wildman–Crippen MR) is 91.8 cm³/mol. The van der Waals surface area contributed by atoms with E-state index < -0.39 is 0 Å². The molecule has 2 aromatic rings. The summed E-state index contributed by atoms with van der Waals surface area (Å²) < 4.78 is 11.3. The van der Waals surface area contributed by atoms with Crippen LogP contribution in [0, 0.1) is 0 Å². The summed E-state index contributed by atoms with van der Waals surface area (Å²) in [6.45, 7) is 3.40. The normalized spacial score (nSPS) is 12.0. The van der Waals surface area contributed by atoms with Gasteiger partial charge in [0.2, 0.25) is 0 Å². The number of aliphatic hydroxyl groups is 1. The number of methoxy groups -OCH3 is 1. The standard InChI is InChI=1S/C19H25NO3/c1-3-17(13-21)20-12-16-9-10-18(19(11-16)22-2)23-14-15-7-5-4-6-8-15/h4-11,17,20-21H,3,12-14H2,1-2H3/t17-/m0/s1. The molecule has 0 heterocycles. The molecule has 0 radical (unpaired) electrons. The zero-order valence-corrected chi connectivity index (χ0v) is 13.8. The molecular formula is C19H25NO3. The van der Waals surface area contributed by atoms with E-state index in [9.17, 15) is 5.11 Å². The van der Waals surface area contributed by atoms with Crippen LogP contribution in [0.1, 0.15) is 24.5 Å². The molecule has 0 bridgehead atoms. The Morgan fingerprint density at radius 3 is 2.48 bits per heavy atom. The Morgan fingerprint density at radius 2 is 1.83 bits per heavy atom. The quantitative estimate of drug-likeness (QED) is 0.746. The average Bonchev–Trinajstić information content (AvgIpc) is 2.62. The zero-order valence-electron chi connectivity index (χ0n) is 13.8. The third-order valence-corrected chi connectivity index (χ3v) is 3.77. The second-order valence-corrected chi connectivity index (χ2v) is 5.43. The van der Waals surface area contributed by atoms with Crippen LogP contribution in [0.15, 0.2) is 48.5 Å². The van der Waals surface area contributed by atoms with Crippen molar-refractivity contribution >= 4 is 0 Å². The summed E-state index contributed by atoms with van der Waals surface area (Å²) in [6.07, 6.45) is 0.895. The van der Waals surface area contributed by atoms with E-state index in [0.717, 1.165) is 29.0 Å². The molecule has 0 saturated carbocycles. The van der Waals surface area contributed by atoms with E-state index in [2.05, 4.69) is 12.2 Å². The number of rotatable bonds is 9. The minimum absolute atomic E-state index is 0.120. The first-order valence-corrected chi connectivity index (χ1v) is 7.94. The number of hydrogen-bond acceptors (Lipinski definition) is 4. The average molecular weight is 315 g/mol. The molecule has 0 unspecified atom stereocenters. The van der Waals surface area contributed by atoms with Crippen LogP contribution in [-0.2, 0) is 13.2 Å². The topological polar surface area (TPSA) is 50.7 Å². The molecule has 0 spiro atoms. The smallest absolute Gasteiger partial charge is 0.161 e. The molecule has 0 aliphatic carbocycles. The molecule has 2 rings (SSSR count). The summed E-state index contributed by atoms with van der Waals surface area (Å²) in [5.41, 5.74) is 2.22. The maximum atomic E-state index is 9.22. The monoisotopic (exact) mass is 315 g/mol. The van der Waals surface area contributed by atoms with E-state index >= 15 is 0 Å². The van der Waals surface area contributed by atoms with Gasteiger partial charge in [-0.2, -0.15) is 0 Å². The molecule has 0 amide bonds. The van der Waals surface area contributed by atoms with Crippen molar-refractivity contribution in [3.63, 3.8) is 0 Å². The van der Waals surface area contributed by atoms with Crippen LogP contribution < -0.4 is 14.8 Å². The van der Waals surface area contributed by atoms with Crippen molar-refractivity contribution < 1.29 is 14.6 Å². The van der Waals surface area contributed by atoms with Gasteiger partial charge in [0.25, 0.3) is 0 Å². The summed E-state index contributed by atoms with van der Waals surface area (Å²) >= 11 is 0. The second kappa shape index (κ2) is 9.18. The molecule has 0 aliphatic rings.